The zero-order valence-electron chi connectivity index (χ0n) is 20.6. The molecule has 35 heavy (non-hydrogen) atoms. The molecule has 2 aromatic rings. The number of fused-ring (bicyclic) bond motifs is 3. The monoisotopic (exact) mass is 471 g/mol. The highest BCUT2D eigenvalue weighted by Gasteiger charge is 2.64. The number of Topliss-reactive ketones (excluding diaryl/α,β-unsaturated/α-hetero) is 1. The van der Waals surface area contributed by atoms with Gasteiger partial charge < -0.3 is 15.4 Å². The first-order valence-electron chi connectivity index (χ1n) is 11.6. The smallest absolute Gasteiger partial charge is 0.339 e. The van der Waals surface area contributed by atoms with E-state index in [1.807, 2.05) is 63.2 Å². The second kappa shape index (κ2) is 7.57. The number of esters is 1. The summed E-state index contributed by atoms with van der Waals surface area (Å²) in [6, 6.07) is 14.9. The number of methoxy groups -OCH3 is 1. The highest BCUT2D eigenvalue weighted by molar-refractivity contribution is 6.24. The fraction of sp³-hybridized carbons (Fsp3) is 0.321. The van der Waals surface area contributed by atoms with E-state index in [1.54, 1.807) is 18.0 Å². The van der Waals surface area contributed by atoms with Crippen LogP contribution in [0.4, 0.5) is 11.4 Å². The van der Waals surface area contributed by atoms with Crippen LogP contribution in [0.1, 0.15) is 37.8 Å². The van der Waals surface area contributed by atoms with Crippen molar-refractivity contribution in [2.45, 2.75) is 39.0 Å². The van der Waals surface area contributed by atoms with Crippen LogP contribution in [0.2, 0.25) is 0 Å². The lowest BCUT2D eigenvalue weighted by Gasteiger charge is -2.47. The van der Waals surface area contributed by atoms with E-state index in [9.17, 15) is 14.4 Å². The SMILES string of the molecule is COC(=O)C1=C(N)N(c2ccccc2C)C2=C(C(=O)CC(C)(C)C2)C12C(=O)N(C)c1ccccc12. The molecular weight excluding hydrogens is 442 g/mol. The third-order valence-corrected chi connectivity index (χ3v) is 7.41. The van der Waals surface area contributed by atoms with Gasteiger partial charge in [-0.15, -0.1) is 0 Å². The number of likely N-dealkylation sites (N-methyl/N-ethyl adjacent to an activating group) is 1. The van der Waals surface area contributed by atoms with Crippen LogP contribution in [0.5, 0.6) is 0 Å². The number of carbonyl (C=O) groups is 3. The van der Waals surface area contributed by atoms with Gasteiger partial charge in [0.2, 0.25) is 5.91 Å². The van der Waals surface area contributed by atoms with Gasteiger partial charge in [-0.05, 0) is 36.5 Å². The molecule has 2 N–H and O–H groups in total. The van der Waals surface area contributed by atoms with Crippen LogP contribution in [0.15, 0.2) is 71.2 Å². The number of aryl methyl sites for hydroxylation is 1. The molecule has 0 radical (unpaired) electrons. The molecule has 7 nitrogen and oxygen atoms in total. The molecule has 0 saturated heterocycles. The van der Waals surface area contributed by atoms with E-state index < -0.39 is 11.4 Å². The molecule has 2 heterocycles. The minimum Gasteiger partial charge on any atom is -0.466 e. The summed E-state index contributed by atoms with van der Waals surface area (Å²) >= 11 is 0. The molecule has 5 rings (SSSR count). The van der Waals surface area contributed by atoms with Gasteiger partial charge in [-0.2, -0.15) is 0 Å². The topological polar surface area (TPSA) is 92.9 Å². The molecule has 7 heteroatoms. The summed E-state index contributed by atoms with van der Waals surface area (Å²) in [6.07, 6.45) is 0.765. The van der Waals surface area contributed by atoms with Crippen molar-refractivity contribution in [3.63, 3.8) is 0 Å². The van der Waals surface area contributed by atoms with Crippen molar-refractivity contribution >= 4 is 29.0 Å². The molecule has 1 unspecified atom stereocenters. The lowest BCUT2D eigenvalue weighted by Crippen LogP contribution is -2.55. The Morgan fingerprint density at radius 2 is 1.63 bits per heavy atom. The van der Waals surface area contributed by atoms with Crippen LogP contribution in [-0.4, -0.2) is 31.8 Å². The number of rotatable bonds is 2. The van der Waals surface area contributed by atoms with Crippen molar-refractivity contribution in [1.82, 2.24) is 0 Å². The molecule has 1 aliphatic carbocycles. The van der Waals surface area contributed by atoms with Crippen molar-refractivity contribution in [3.8, 4) is 0 Å². The third-order valence-electron chi connectivity index (χ3n) is 7.41. The number of nitrogens with two attached hydrogens (primary N) is 1. The average Bonchev–Trinajstić information content (AvgIpc) is 3.02. The lowest BCUT2D eigenvalue weighted by atomic mass is 9.60. The van der Waals surface area contributed by atoms with Gasteiger partial charge in [0.15, 0.2) is 5.78 Å². The molecular formula is C28H29N3O4. The van der Waals surface area contributed by atoms with Gasteiger partial charge >= 0.3 is 5.97 Å². The van der Waals surface area contributed by atoms with E-state index in [2.05, 4.69) is 0 Å². The van der Waals surface area contributed by atoms with E-state index >= 15 is 0 Å². The number of amides is 1. The molecule has 1 atom stereocenters. The summed E-state index contributed by atoms with van der Waals surface area (Å²) in [7, 11) is 2.92. The van der Waals surface area contributed by atoms with Crippen molar-refractivity contribution in [2.75, 3.05) is 24.0 Å². The van der Waals surface area contributed by atoms with E-state index in [1.165, 1.54) is 12.0 Å². The van der Waals surface area contributed by atoms with E-state index in [-0.39, 0.29) is 34.9 Å². The summed E-state index contributed by atoms with van der Waals surface area (Å²) in [6.45, 7) is 6.01. The van der Waals surface area contributed by atoms with Crippen LogP contribution in [0.3, 0.4) is 0 Å². The molecule has 1 spiro atoms. The highest BCUT2D eigenvalue weighted by Crippen LogP contribution is 2.58. The Hall–Kier alpha value is -3.87. The Labute approximate surface area is 204 Å². The van der Waals surface area contributed by atoms with Crippen LogP contribution >= 0.6 is 0 Å². The zero-order chi connectivity index (χ0) is 25.3. The van der Waals surface area contributed by atoms with Gasteiger partial charge in [-0.1, -0.05) is 50.2 Å². The number of carbonyl (C=O) groups excluding carboxylic acids is 3. The number of hydrogen-bond donors (Lipinski definition) is 1. The quantitative estimate of drug-likeness (QED) is 0.671. The highest BCUT2D eigenvalue weighted by atomic mass is 16.5. The summed E-state index contributed by atoms with van der Waals surface area (Å²) < 4.78 is 5.21. The lowest BCUT2D eigenvalue weighted by molar-refractivity contribution is -0.138. The first kappa shape index (κ1) is 22.9. The fourth-order valence-electron chi connectivity index (χ4n) is 5.97. The van der Waals surface area contributed by atoms with Crippen molar-refractivity contribution < 1.29 is 19.1 Å². The van der Waals surface area contributed by atoms with Crippen LogP contribution < -0.4 is 15.5 Å². The number of ether oxygens (including phenoxy) is 1. The third kappa shape index (κ3) is 2.93. The molecule has 180 valence electrons. The predicted octanol–water partition coefficient (Wildman–Crippen LogP) is 3.72. The summed E-state index contributed by atoms with van der Waals surface area (Å²) in [5, 5.41) is 0. The van der Waals surface area contributed by atoms with Gasteiger partial charge in [0, 0.05) is 36.0 Å². The number of ketones is 1. The number of anilines is 2. The Balaban J connectivity index is 1.97. The standard InChI is InChI=1S/C28H29N3O4/c1-16-10-6-8-12-18(16)31-20-14-27(2,3)15-21(32)22(20)28(23(24(31)29)25(33)35-5)17-11-7-9-13-19(17)30(4)26(28)34/h6-13H,14-15,29H2,1-5H3. The van der Waals surface area contributed by atoms with Gasteiger partial charge in [-0.3, -0.25) is 14.5 Å². The largest absolute Gasteiger partial charge is 0.466 e. The number of hydrogen-bond acceptors (Lipinski definition) is 6. The molecule has 0 fully saturated rings. The molecule has 0 saturated carbocycles. The van der Waals surface area contributed by atoms with E-state index in [0.29, 0.717) is 28.9 Å². The van der Waals surface area contributed by atoms with Crippen molar-refractivity contribution in [1.29, 1.82) is 0 Å². The maximum absolute atomic E-state index is 14.2. The predicted molar refractivity (Wildman–Crippen MR) is 133 cm³/mol. The fourth-order valence-corrected chi connectivity index (χ4v) is 5.97. The maximum Gasteiger partial charge on any atom is 0.339 e. The number of nitrogens with zero attached hydrogens (tertiary/aromatic N) is 2. The number of para-hydroxylation sites is 2. The van der Waals surface area contributed by atoms with Gasteiger partial charge in [-0.25, -0.2) is 4.79 Å². The molecule has 1 amide bonds. The Bertz CT molecular complexity index is 1370. The normalized spacial score (nSPS) is 23.1. The van der Waals surface area contributed by atoms with Gasteiger partial charge in [0.1, 0.15) is 16.8 Å². The number of allylic oxidation sites excluding steroid dienone is 1. The summed E-state index contributed by atoms with van der Waals surface area (Å²) in [5.74, 6) is -1.17. The second-order valence-electron chi connectivity index (χ2n) is 10.3. The molecule has 0 bridgehead atoms. The Kier molecular flexibility index (Phi) is 4.95. The maximum atomic E-state index is 14.2. The van der Waals surface area contributed by atoms with E-state index in [0.717, 1.165) is 11.3 Å². The molecule has 2 aromatic carbocycles. The summed E-state index contributed by atoms with van der Waals surface area (Å²) in [5.41, 5.74) is 8.68. The Morgan fingerprint density at radius 1 is 1.00 bits per heavy atom. The minimum atomic E-state index is -1.66. The molecule has 3 aliphatic rings. The van der Waals surface area contributed by atoms with Crippen molar-refractivity contribution in [3.05, 3.63) is 82.3 Å². The number of benzene rings is 2. The van der Waals surface area contributed by atoms with Crippen LogP contribution in [0, 0.1) is 12.3 Å². The first-order chi connectivity index (χ1) is 16.6. The average molecular weight is 472 g/mol. The van der Waals surface area contributed by atoms with Crippen LogP contribution in [-0.2, 0) is 24.5 Å². The van der Waals surface area contributed by atoms with E-state index in [4.69, 9.17) is 10.5 Å². The minimum absolute atomic E-state index is 0.0168. The zero-order valence-corrected chi connectivity index (χ0v) is 20.6. The van der Waals surface area contributed by atoms with Gasteiger partial charge in [0.25, 0.3) is 0 Å². The van der Waals surface area contributed by atoms with Crippen molar-refractivity contribution in [2.24, 2.45) is 11.1 Å². The first-order valence-corrected chi connectivity index (χ1v) is 11.6. The second-order valence-corrected chi connectivity index (χ2v) is 10.3. The summed E-state index contributed by atoms with van der Waals surface area (Å²) in [4.78, 5) is 45.0. The van der Waals surface area contributed by atoms with Crippen LogP contribution in [0.25, 0.3) is 0 Å². The molecule has 2 aliphatic heterocycles. The Morgan fingerprint density at radius 3 is 2.29 bits per heavy atom. The molecule has 0 aromatic heterocycles. The van der Waals surface area contributed by atoms with Gasteiger partial charge in [0.05, 0.1) is 12.8 Å².